The Bertz CT molecular complexity index is 667. The largest absolute Gasteiger partial charge is 0.464 e. The van der Waals surface area contributed by atoms with Crippen LogP contribution < -0.4 is 0 Å². The summed E-state index contributed by atoms with van der Waals surface area (Å²) in [6.07, 6.45) is 2.48. The van der Waals surface area contributed by atoms with Gasteiger partial charge < -0.3 is 9.47 Å². The van der Waals surface area contributed by atoms with Gasteiger partial charge in [-0.25, -0.2) is 14.6 Å². The molecule has 0 radical (unpaired) electrons. The fraction of sp³-hybridized carbons (Fsp3) is 0.357. The van der Waals surface area contributed by atoms with E-state index in [0.717, 1.165) is 0 Å². The number of hydrogen-bond acceptors (Lipinski definition) is 5. The van der Waals surface area contributed by atoms with Crippen molar-refractivity contribution in [2.24, 2.45) is 0 Å². The molecule has 0 aliphatic rings. The highest BCUT2D eigenvalue weighted by Crippen LogP contribution is 2.21. The average molecular weight is 276 g/mol. The van der Waals surface area contributed by atoms with Gasteiger partial charge in [0.05, 0.1) is 12.6 Å². The summed E-state index contributed by atoms with van der Waals surface area (Å²) in [6, 6.07) is 3.43. The van der Waals surface area contributed by atoms with Crippen LogP contribution in [-0.4, -0.2) is 34.3 Å². The van der Waals surface area contributed by atoms with Crippen molar-refractivity contribution in [1.29, 1.82) is 0 Å². The van der Waals surface area contributed by atoms with Crippen LogP contribution in [0.15, 0.2) is 24.5 Å². The van der Waals surface area contributed by atoms with E-state index in [1.165, 1.54) is 17.9 Å². The molecule has 0 fully saturated rings. The number of carbonyl (C=O) groups is 2. The van der Waals surface area contributed by atoms with E-state index in [4.69, 9.17) is 4.74 Å². The lowest BCUT2D eigenvalue weighted by Gasteiger charge is -2.20. The molecule has 2 aromatic rings. The van der Waals surface area contributed by atoms with Gasteiger partial charge in [0.2, 0.25) is 0 Å². The number of aromatic nitrogens is 2. The summed E-state index contributed by atoms with van der Waals surface area (Å²) in [4.78, 5) is 27.9. The first-order chi connectivity index (χ1) is 9.33. The van der Waals surface area contributed by atoms with E-state index in [0.29, 0.717) is 10.9 Å². The Kier molecular flexibility index (Phi) is 3.48. The molecule has 2 aromatic heterocycles. The van der Waals surface area contributed by atoms with Gasteiger partial charge in [0, 0.05) is 17.8 Å². The highest BCUT2D eigenvalue weighted by molar-refractivity contribution is 6.03. The number of esters is 1. The molecule has 20 heavy (non-hydrogen) atoms. The van der Waals surface area contributed by atoms with Crippen LogP contribution in [0.2, 0.25) is 0 Å². The highest BCUT2D eigenvalue weighted by atomic mass is 16.6. The summed E-state index contributed by atoms with van der Waals surface area (Å²) in [5.41, 5.74) is -0.157. The third-order valence-electron chi connectivity index (χ3n) is 2.57. The summed E-state index contributed by atoms with van der Waals surface area (Å²) in [5, 5.41) is 0.714. The van der Waals surface area contributed by atoms with Gasteiger partial charge in [-0.2, -0.15) is 0 Å². The minimum Gasteiger partial charge on any atom is -0.464 e. The van der Waals surface area contributed by atoms with Gasteiger partial charge in [-0.3, -0.25) is 4.57 Å². The molecule has 0 spiro atoms. The zero-order valence-corrected chi connectivity index (χ0v) is 11.8. The van der Waals surface area contributed by atoms with Crippen LogP contribution in [0.1, 0.15) is 31.3 Å². The zero-order chi connectivity index (χ0) is 14.9. The summed E-state index contributed by atoms with van der Waals surface area (Å²) in [5.74, 6) is -0.598. The van der Waals surface area contributed by atoms with Crippen LogP contribution in [0.5, 0.6) is 0 Å². The molecule has 6 nitrogen and oxygen atoms in total. The van der Waals surface area contributed by atoms with E-state index < -0.39 is 17.7 Å². The van der Waals surface area contributed by atoms with E-state index in [1.54, 1.807) is 39.1 Å². The van der Waals surface area contributed by atoms with E-state index in [9.17, 15) is 9.59 Å². The molecular formula is C14H16N2O4. The number of rotatable bonds is 1. The number of pyridine rings is 1. The second kappa shape index (κ2) is 4.96. The average Bonchev–Trinajstić information content (AvgIpc) is 2.79. The van der Waals surface area contributed by atoms with Crippen molar-refractivity contribution >= 4 is 23.0 Å². The predicted octanol–water partition coefficient (Wildman–Crippen LogP) is 2.61. The third-order valence-corrected chi connectivity index (χ3v) is 2.57. The fourth-order valence-electron chi connectivity index (χ4n) is 1.80. The fourth-order valence-corrected chi connectivity index (χ4v) is 1.80. The lowest BCUT2D eigenvalue weighted by Crippen LogP contribution is -2.27. The number of fused-ring (bicyclic) bond motifs is 1. The number of methoxy groups -OCH3 is 1. The Hall–Kier alpha value is -2.37. The molecule has 2 heterocycles. The Balaban J connectivity index is 2.55. The van der Waals surface area contributed by atoms with Gasteiger partial charge in [0.15, 0.2) is 5.69 Å². The number of nitrogens with zero attached hydrogens (tertiary/aromatic N) is 2. The van der Waals surface area contributed by atoms with Gasteiger partial charge in [-0.05, 0) is 32.9 Å². The Morgan fingerprint density at radius 2 is 1.95 bits per heavy atom. The second-order valence-electron chi connectivity index (χ2n) is 5.26. The van der Waals surface area contributed by atoms with Gasteiger partial charge in [0.1, 0.15) is 5.60 Å². The van der Waals surface area contributed by atoms with Crippen LogP contribution in [0.4, 0.5) is 4.79 Å². The van der Waals surface area contributed by atoms with Gasteiger partial charge in [-0.15, -0.1) is 0 Å². The molecule has 0 unspecified atom stereocenters. The molecule has 0 saturated carbocycles. The molecule has 0 bridgehead atoms. The Labute approximate surface area is 116 Å². The molecule has 0 atom stereocenters. The number of carbonyl (C=O) groups excluding carboxylic acids is 2. The van der Waals surface area contributed by atoms with Crippen LogP contribution >= 0.6 is 0 Å². The molecule has 0 aliphatic carbocycles. The Morgan fingerprint density at radius 1 is 1.25 bits per heavy atom. The first-order valence-electron chi connectivity index (χ1n) is 6.11. The summed E-state index contributed by atoms with van der Waals surface area (Å²) >= 11 is 0. The lowest BCUT2D eigenvalue weighted by atomic mass is 10.2. The van der Waals surface area contributed by atoms with E-state index in [2.05, 4.69) is 9.72 Å². The molecular weight excluding hydrogens is 260 g/mol. The maximum Gasteiger partial charge on any atom is 0.419 e. The second-order valence-corrected chi connectivity index (χ2v) is 5.26. The zero-order valence-electron chi connectivity index (χ0n) is 11.8. The first-order valence-corrected chi connectivity index (χ1v) is 6.11. The lowest BCUT2D eigenvalue weighted by molar-refractivity contribution is 0.0544. The van der Waals surface area contributed by atoms with Gasteiger partial charge in [-0.1, -0.05) is 0 Å². The van der Waals surface area contributed by atoms with Crippen LogP contribution in [0.25, 0.3) is 10.9 Å². The SMILES string of the molecule is COC(=O)c1nccc2ccn(C(=O)OC(C)(C)C)c12. The van der Waals surface area contributed by atoms with E-state index in [-0.39, 0.29) is 5.69 Å². The quantitative estimate of drug-likeness (QED) is 0.749. The third kappa shape index (κ3) is 2.64. The van der Waals surface area contributed by atoms with Crippen molar-refractivity contribution in [3.8, 4) is 0 Å². The van der Waals surface area contributed by atoms with Crippen molar-refractivity contribution in [3.05, 3.63) is 30.2 Å². The molecule has 0 aliphatic heterocycles. The molecule has 106 valence electrons. The normalized spacial score (nSPS) is 11.4. The number of hydrogen-bond donors (Lipinski definition) is 0. The minimum absolute atomic E-state index is 0.0841. The molecule has 0 aromatic carbocycles. The molecule has 2 rings (SSSR count). The van der Waals surface area contributed by atoms with Crippen molar-refractivity contribution in [2.45, 2.75) is 26.4 Å². The van der Waals surface area contributed by atoms with E-state index in [1.807, 2.05) is 0 Å². The molecule has 6 heteroatoms. The van der Waals surface area contributed by atoms with Crippen molar-refractivity contribution in [2.75, 3.05) is 7.11 Å². The maximum atomic E-state index is 12.2. The Morgan fingerprint density at radius 3 is 2.55 bits per heavy atom. The summed E-state index contributed by atoms with van der Waals surface area (Å²) < 4.78 is 11.2. The van der Waals surface area contributed by atoms with Crippen LogP contribution in [0, 0.1) is 0 Å². The number of ether oxygens (including phenoxy) is 2. The standard InChI is InChI=1S/C14H16N2O4/c1-14(2,3)20-13(18)16-8-6-9-5-7-15-10(11(9)16)12(17)19-4/h5-8H,1-4H3. The highest BCUT2D eigenvalue weighted by Gasteiger charge is 2.22. The first kappa shape index (κ1) is 14.0. The molecule has 0 amide bonds. The summed E-state index contributed by atoms with van der Waals surface area (Å²) in [7, 11) is 1.27. The maximum absolute atomic E-state index is 12.2. The van der Waals surface area contributed by atoms with Crippen molar-refractivity contribution < 1.29 is 19.1 Å². The van der Waals surface area contributed by atoms with Crippen molar-refractivity contribution in [1.82, 2.24) is 9.55 Å². The van der Waals surface area contributed by atoms with E-state index >= 15 is 0 Å². The summed E-state index contributed by atoms with van der Waals surface area (Å²) in [6.45, 7) is 5.32. The van der Waals surface area contributed by atoms with Crippen LogP contribution in [0.3, 0.4) is 0 Å². The topological polar surface area (TPSA) is 70.4 Å². The minimum atomic E-state index is -0.624. The van der Waals surface area contributed by atoms with Crippen molar-refractivity contribution in [3.63, 3.8) is 0 Å². The van der Waals surface area contributed by atoms with Gasteiger partial charge >= 0.3 is 12.1 Å². The molecule has 0 saturated heterocycles. The predicted molar refractivity (Wildman–Crippen MR) is 72.7 cm³/mol. The van der Waals surface area contributed by atoms with Crippen LogP contribution in [-0.2, 0) is 9.47 Å². The monoisotopic (exact) mass is 276 g/mol. The van der Waals surface area contributed by atoms with Gasteiger partial charge in [0.25, 0.3) is 0 Å². The smallest absolute Gasteiger partial charge is 0.419 e. The molecule has 0 N–H and O–H groups in total.